The molecule has 0 aromatic heterocycles. The first-order valence-corrected chi connectivity index (χ1v) is 43.5. The zero-order valence-corrected chi connectivity index (χ0v) is 66.3. The fourth-order valence-electron chi connectivity index (χ4n) is 10.9. The molecule has 0 aliphatic rings. The molecule has 0 fully saturated rings. The Hall–Kier alpha value is -4.02. The van der Waals surface area contributed by atoms with Crippen LogP contribution in [-0.4, -0.2) is 96.7 Å². The van der Waals surface area contributed by atoms with Crippen molar-refractivity contribution in [1.29, 1.82) is 0 Å². The molecule has 17 nitrogen and oxygen atoms in total. The van der Waals surface area contributed by atoms with Crippen LogP contribution >= 0.6 is 15.6 Å². The number of aliphatic hydroxyl groups is 1. The average molecular weight is 1480 g/mol. The van der Waals surface area contributed by atoms with Gasteiger partial charge in [0.1, 0.15) is 19.3 Å². The van der Waals surface area contributed by atoms with E-state index in [2.05, 4.69) is 125 Å². The number of phosphoric ester groups is 2. The molecule has 5 atom stereocenters. The van der Waals surface area contributed by atoms with Crippen molar-refractivity contribution in [3.63, 3.8) is 0 Å². The third-order valence-corrected chi connectivity index (χ3v) is 18.9. The van der Waals surface area contributed by atoms with Crippen LogP contribution in [0.5, 0.6) is 0 Å². The van der Waals surface area contributed by atoms with Gasteiger partial charge in [-0.05, 0) is 128 Å². The van der Waals surface area contributed by atoms with Crippen LogP contribution in [0.4, 0.5) is 0 Å². The minimum atomic E-state index is -4.98. The molecule has 19 heteroatoms. The van der Waals surface area contributed by atoms with Gasteiger partial charge in [0.05, 0.1) is 26.4 Å². The Bertz CT molecular complexity index is 2310. The van der Waals surface area contributed by atoms with Gasteiger partial charge in [0.25, 0.3) is 0 Å². The van der Waals surface area contributed by atoms with Crippen molar-refractivity contribution >= 4 is 39.5 Å². The van der Waals surface area contributed by atoms with Crippen LogP contribution in [0.2, 0.25) is 0 Å². The predicted octanol–water partition coefficient (Wildman–Crippen LogP) is 23.6. The fourth-order valence-corrected chi connectivity index (χ4v) is 12.4. The highest BCUT2D eigenvalue weighted by Gasteiger charge is 2.30. The Labute approximate surface area is 620 Å². The minimum Gasteiger partial charge on any atom is -0.462 e. The maximum atomic E-state index is 13.1. The van der Waals surface area contributed by atoms with E-state index >= 15 is 0 Å². The molecule has 0 aromatic carbocycles. The first-order valence-electron chi connectivity index (χ1n) is 40.5. The standard InChI is InChI=1S/C83H146O17P2/c1-5-9-13-17-21-25-29-32-34-36-38-40-42-45-48-51-55-59-63-67-80(85)93-73-78(99-82(87)69-65-61-57-53-47-28-24-20-16-12-8-4)75-97-101(89,90)95-71-77(84)72-96-102(91,92)98-76-79(100-83(88)70-66-62-58-54-50-44-31-27-23-19-15-11-7-3)74-94-81(86)68-64-60-56-52-49-46-43-41-39-37-35-33-30-26-22-18-14-10-6-2/h10,14,21-22,25-27,31-35,38-41,77-79,84H,5-9,11-13,15-20,23-24,28-30,36-37,42-76H2,1-4H3,(H,89,90)(H,91,92)/b14-10-,25-21-,26-22-,31-27-,34-32-,35-33-,40-38-,41-39-. The Morgan fingerprint density at radius 1 is 0.284 bits per heavy atom. The number of esters is 4. The SMILES string of the molecule is CC/C=C\C/C=C\C/C=C\C/C=C\CCCCCCCCC(=O)OCC(COP(=O)(O)OCC(O)COP(=O)(O)OCC(COC(=O)CCCCCCCC/C=C\C/C=C\C/C=C\CCCCC)OC(=O)CCCCCCCCCCCCC)OC(=O)CCCCCCC/C=C\CCCCCC. The molecular weight excluding hydrogens is 1330 g/mol. The van der Waals surface area contributed by atoms with Gasteiger partial charge in [0.2, 0.25) is 0 Å². The van der Waals surface area contributed by atoms with Crippen LogP contribution in [0.15, 0.2) is 97.2 Å². The molecule has 0 heterocycles. The monoisotopic (exact) mass is 1480 g/mol. The first kappa shape index (κ1) is 98.0. The Kier molecular flexibility index (Phi) is 72.3. The van der Waals surface area contributed by atoms with E-state index in [1.54, 1.807) is 0 Å². The number of aliphatic hydroxyl groups excluding tert-OH is 1. The van der Waals surface area contributed by atoms with Gasteiger partial charge in [-0.3, -0.25) is 37.3 Å². The Balaban J connectivity index is 5.30. The number of unbranched alkanes of at least 4 members (excludes halogenated alkanes) is 34. The van der Waals surface area contributed by atoms with Crippen molar-refractivity contribution in [3.8, 4) is 0 Å². The van der Waals surface area contributed by atoms with Crippen molar-refractivity contribution in [2.45, 2.75) is 367 Å². The van der Waals surface area contributed by atoms with Gasteiger partial charge in [0, 0.05) is 25.7 Å². The van der Waals surface area contributed by atoms with Crippen LogP contribution in [-0.2, 0) is 65.4 Å². The molecule has 0 aliphatic heterocycles. The molecule has 102 heavy (non-hydrogen) atoms. The van der Waals surface area contributed by atoms with Gasteiger partial charge in [-0.2, -0.15) is 0 Å². The molecule has 0 radical (unpaired) electrons. The van der Waals surface area contributed by atoms with Gasteiger partial charge in [-0.25, -0.2) is 9.13 Å². The van der Waals surface area contributed by atoms with Crippen LogP contribution in [0.25, 0.3) is 0 Å². The normalized spacial score (nSPS) is 14.4. The molecule has 0 amide bonds. The van der Waals surface area contributed by atoms with Crippen molar-refractivity contribution in [2.24, 2.45) is 0 Å². The summed E-state index contributed by atoms with van der Waals surface area (Å²) in [6.07, 6.45) is 79.5. The summed E-state index contributed by atoms with van der Waals surface area (Å²) in [5.41, 5.74) is 0. The second-order valence-corrected chi connectivity index (χ2v) is 29.9. The third kappa shape index (κ3) is 74.3. The average Bonchev–Trinajstić information content (AvgIpc) is 0.907. The molecule has 0 rings (SSSR count). The maximum Gasteiger partial charge on any atom is 0.472 e. The summed E-state index contributed by atoms with van der Waals surface area (Å²) in [6.45, 7) is 4.72. The summed E-state index contributed by atoms with van der Waals surface area (Å²) in [7, 11) is -9.95. The number of ether oxygens (including phenoxy) is 4. The third-order valence-electron chi connectivity index (χ3n) is 17.0. The molecular formula is C83H146O17P2. The molecule has 0 spiro atoms. The van der Waals surface area contributed by atoms with Gasteiger partial charge in [-0.1, -0.05) is 292 Å². The number of hydrogen-bond donors (Lipinski definition) is 3. The second kappa shape index (κ2) is 75.2. The lowest BCUT2D eigenvalue weighted by Crippen LogP contribution is -2.30. The van der Waals surface area contributed by atoms with Gasteiger partial charge in [0.15, 0.2) is 12.2 Å². The van der Waals surface area contributed by atoms with Gasteiger partial charge in [-0.15, -0.1) is 0 Å². The molecule has 0 aliphatic carbocycles. The molecule has 0 bridgehead atoms. The summed E-state index contributed by atoms with van der Waals surface area (Å²) in [4.78, 5) is 73.0. The molecule has 0 saturated heterocycles. The number of rotatable bonds is 76. The highest BCUT2D eigenvalue weighted by molar-refractivity contribution is 7.47. The number of phosphoric acid groups is 2. The highest BCUT2D eigenvalue weighted by atomic mass is 31.2. The summed E-state index contributed by atoms with van der Waals surface area (Å²) in [6, 6.07) is 0. The van der Waals surface area contributed by atoms with Crippen LogP contribution in [0.1, 0.15) is 349 Å². The summed E-state index contributed by atoms with van der Waals surface area (Å²) < 4.78 is 68.6. The highest BCUT2D eigenvalue weighted by Crippen LogP contribution is 2.45. The second-order valence-electron chi connectivity index (χ2n) is 27.0. The van der Waals surface area contributed by atoms with Crippen molar-refractivity contribution in [1.82, 2.24) is 0 Å². The van der Waals surface area contributed by atoms with Crippen LogP contribution in [0, 0.1) is 0 Å². The minimum absolute atomic E-state index is 0.0821. The first-order chi connectivity index (χ1) is 49.7. The number of hydrogen-bond acceptors (Lipinski definition) is 15. The zero-order valence-electron chi connectivity index (χ0n) is 64.5. The zero-order chi connectivity index (χ0) is 74.6. The number of carbonyl (C=O) groups is 4. The van der Waals surface area contributed by atoms with E-state index in [1.807, 2.05) is 0 Å². The van der Waals surface area contributed by atoms with Crippen molar-refractivity contribution in [3.05, 3.63) is 97.2 Å². The van der Waals surface area contributed by atoms with E-state index in [0.717, 1.165) is 186 Å². The Morgan fingerprint density at radius 3 is 0.824 bits per heavy atom. The molecule has 0 saturated carbocycles. The van der Waals surface area contributed by atoms with E-state index in [1.165, 1.54) is 83.5 Å². The van der Waals surface area contributed by atoms with Crippen molar-refractivity contribution < 1.29 is 80.2 Å². The molecule has 590 valence electrons. The number of allylic oxidation sites excluding steroid dienone is 16. The lowest BCUT2D eigenvalue weighted by atomic mass is 10.1. The predicted molar refractivity (Wildman–Crippen MR) is 418 cm³/mol. The summed E-state index contributed by atoms with van der Waals surface area (Å²) in [5, 5.41) is 10.6. The van der Waals surface area contributed by atoms with E-state index in [-0.39, 0.29) is 25.7 Å². The van der Waals surface area contributed by atoms with E-state index in [9.17, 15) is 43.2 Å². The largest absolute Gasteiger partial charge is 0.472 e. The van der Waals surface area contributed by atoms with Crippen LogP contribution in [0.3, 0.4) is 0 Å². The van der Waals surface area contributed by atoms with E-state index in [0.29, 0.717) is 25.7 Å². The quantitative estimate of drug-likeness (QED) is 0.0169. The molecule has 0 aromatic rings. The lowest BCUT2D eigenvalue weighted by molar-refractivity contribution is -0.161. The van der Waals surface area contributed by atoms with Crippen molar-refractivity contribution in [2.75, 3.05) is 39.6 Å². The van der Waals surface area contributed by atoms with E-state index < -0.39 is 97.5 Å². The number of carbonyl (C=O) groups excluding carboxylic acids is 4. The smallest absolute Gasteiger partial charge is 0.462 e. The fraction of sp³-hybridized carbons (Fsp3) is 0.759. The summed E-state index contributed by atoms with van der Waals surface area (Å²) in [5.74, 6) is -2.19. The molecule has 3 N–H and O–H groups in total. The van der Waals surface area contributed by atoms with E-state index in [4.69, 9.17) is 37.0 Å². The van der Waals surface area contributed by atoms with Gasteiger partial charge >= 0.3 is 39.5 Å². The topological polar surface area (TPSA) is 237 Å². The summed E-state index contributed by atoms with van der Waals surface area (Å²) >= 11 is 0. The van der Waals surface area contributed by atoms with Crippen LogP contribution < -0.4 is 0 Å². The maximum absolute atomic E-state index is 13.1. The lowest BCUT2D eigenvalue weighted by Gasteiger charge is -2.21. The van der Waals surface area contributed by atoms with Gasteiger partial charge < -0.3 is 33.8 Å². The Morgan fingerprint density at radius 2 is 0.510 bits per heavy atom. The molecule has 5 unspecified atom stereocenters.